The van der Waals surface area contributed by atoms with Crippen molar-refractivity contribution >= 4 is 5.96 Å². The second-order valence-electron chi connectivity index (χ2n) is 4.81. The average Bonchev–Trinajstić information content (AvgIpc) is 2.26. The summed E-state index contributed by atoms with van der Waals surface area (Å²) in [6.45, 7) is 3.74. The van der Waals surface area contributed by atoms with Gasteiger partial charge in [0.15, 0.2) is 5.96 Å². The minimum absolute atomic E-state index is 0.570. The highest BCUT2D eigenvalue weighted by Gasteiger charge is 2.16. The third kappa shape index (κ3) is 3.48. The van der Waals surface area contributed by atoms with Crippen LogP contribution in [0.4, 0.5) is 0 Å². The molecule has 0 aromatic heterocycles. The lowest BCUT2D eigenvalue weighted by Crippen LogP contribution is -2.37. The van der Waals surface area contributed by atoms with Crippen LogP contribution in [0.15, 0.2) is 29.3 Å². The highest BCUT2D eigenvalue weighted by molar-refractivity contribution is 5.77. The molecule has 0 amide bonds. The van der Waals surface area contributed by atoms with Crippen LogP contribution >= 0.6 is 0 Å². The van der Waals surface area contributed by atoms with Crippen LogP contribution < -0.4 is 11.1 Å². The van der Waals surface area contributed by atoms with Crippen molar-refractivity contribution in [3.8, 4) is 0 Å². The zero-order valence-electron chi connectivity index (χ0n) is 10.4. The van der Waals surface area contributed by atoms with Gasteiger partial charge in [-0.3, -0.25) is 0 Å². The SMILES string of the molecule is Cc1ccccc1CN=C(N)NCC1CCC1. The van der Waals surface area contributed by atoms with Crippen LogP contribution in [0.2, 0.25) is 0 Å². The Morgan fingerprint density at radius 2 is 2.18 bits per heavy atom. The summed E-state index contributed by atoms with van der Waals surface area (Å²) < 4.78 is 0. The van der Waals surface area contributed by atoms with Crippen molar-refractivity contribution in [3.05, 3.63) is 35.4 Å². The smallest absolute Gasteiger partial charge is 0.188 e. The van der Waals surface area contributed by atoms with Crippen LogP contribution in [0.3, 0.4) is 0 Å². The molecule has 0 radical (unpaired) electrons. The maximum absolute atomic E-state index is 5.84. The molecule has 0 saturated heterocycles. The Labute approximate surface area is 103 Å². The number of hydrogen-bond acceptors (Lipinski definition) is 1. The van der Waals surface area contributed by atoms with E-state index >= 15 is 0 Å². The Balaban J connectivity index is 1.80. The summed E-state index contributed by atoms with van der Waals surface area (Å²) in [5, 5.41) is 3.20. The van der Waals surface area contributed by atoms with Crippen molar-refractivity contribution in [1.29, 1.82) is 0 Å². The maximum atomic E-state index is 5.84. The summed E-state index contributed by atoms with van der Waals surface area (Å²) in [6.07, 6.45) is 4.03. The second kappa shape index (κ2) is 5.71. The van der Waals surface area contributed by atoms with Crippen molar-refractivity contribution in [3.63, 3.8) is 0 Å². The number of hydrogen-bond donors (Lipinski definition) is 2. The highest BCUT2D eigenvalue weighted by Crippen LogP contribution is 2.24. The van der Waals surface area contributed by atoms with Gasteiger partial charge in [-0.25, -0.2) is 4.99 Å². The van der Waals surface area contributed by atoms with Crippen LogP contribution in [-0.4, -0.2) is 12.5 Å². The fourth-order valence-corrected chi connectivity index (χ4v) is 1.96. The molecule has 0 bridgehead atoms. The molecule has 1 fully saturated rings. The van der Waals surface area contributed by atoms with Crippen molar-refractivity contribution in [2.75, 3.05) is 6.54 Å². The zero-order chi connectivity index (χ0) is 12.1. The number of aryl methyl sites for hydroxylation is 1. The van der Waals surface area contributed by atoms with Crippen LogP contribution in [0, 0.1) is 12.8 Å². The molecular weight excluding hydrogens is 210 g/mol. The summed E-state index contributed by atoms with van der Waals surface area (Å²) in [6, 6.07) is 8.28. The van der Waals surface area contributed by atoms with E-state index in [9.17, 15) is 0 Å². The van der Waals surface area contributed by atoms with Crippen LogP contribution in [0.1, 0.15) is 30.4 Å². The number of nitrogens with zero attached hydrogens (tertiary/aromatic N) is 1. The molecule has 1 saturated carbocycles. The first-order valence-corrected chi connectivity index (χ1v) is 6.34. The molecule has 1 aliphatic carbocycles. The molecule has 0 spiro atoms. The van der Waals surface area contributed by atoms with E-state index in [4.69, 9.17) is 5.73 Å². The molecule has 92 valence electrons. The number of nitrogens with one attached hydrogen (secondary N) is 1. The molecule has 17 heavy (non-hydrogen) atoms. The molecular formula is C14H21N3. The summed E-state index contributed by atoms with van der Waals surface area (Å²) in [5.41, 5.74) is 8.34. The number of aliphatic imine (C=N–C) groups is 1. The standard InChI is InChI=1S/C14H21N3/c1-11-5-2-3-8-13(11)10-17-14(15)16-9-12-6-4-7-12/h2-3,5,8,12H,4,6-7,9-10H2,1H3,(H3,15,16,17). The number of benzene rings is 1. The highest BCUT2D eigenvalue weighted by atomic mass is 15.1. The van der Waals surface area contributed by atoms with Gasteiger partial charge < -0.3 is 11.1 Å². The molecule has 3 heteroatoms. The van der Waals surface area contributed by atoms with Crippen LogP contribution in [0.5, 0.6) is 0 Å². The lowest BCUT2D eigenvalue weighted by Gasteiger charge is -2.25. The van der Waals surface area contributed by atoms with Gasteiger partial charge in [-0.15, -0.1) is 0 Å². The Morgan fingerprint density at radius 1 is 1.41 bits per heavy atom. The van der Waals surface area contributed by atoms with E-state index in [1.165, 1.54) is 30.4 Å². The van der Waals surface area contributed by atoms with E-state index in [1.54, 1.807) is 0 Å². The number of rotatable bonds is 4. The third-order valence-electron chi connectivity index (χ3n) is 3.48. The Morgan fingerprint density at radius 3 is 2.82 bits per heavy atom. The van der Waals surface area contributed by atoms with E-state index < -0.39 is 0 Å². The largest absolute Gasteiger partial charge is 0.370 e. The van der Waals surface area contributed by atoms with Gasteiger partial charge in [-0.05, 0) is 36.8 Å². The normalized spacial score (nSPS) is 16.6. The van der Waals surface area contributed by atoms with Gasteiger partial charge in [0.1, 0.15) is 0 Å². The topological polar surface area (TPSA) is 50.4 Å². The average molecular weight is 231 g/mol. The predicted molar refractivity (Wildman–Crippen MR) is 71.8 cm³/mol. The first-order valence-electron chi connectivity index (χ1n) is 6.34. The molecule has 0 atom stereocenters. The van der Waals surface area contributed by atoms with Gasteiger partial charge in [0.05, 0.1) is 6.54 Å². The van der Waals surface area contributed by atoms with Crippen molar-refractivity contribution in [2.24, 2.45) is 16.6 Å². The van der Waals surface area contributed by atoms with Gasteiger partial charge in [0.2, 0.25) is 0 Å². The van der Waals surface area contributed by atoms with E-state index in [0.29, 0.717) is 12.5 Å². The first-order chi connectivity index (χ1) is 8.25. The molecule has 2 rings (SSSR count). The Kier molecular flexibility index (Phi) is 4.02. The molecule has 0 heterocycles. The Hall–Kier alpha value is -1.51. The quantitative estimate of drug-likeness (QED) is 0.616. The number of nitrogens with two attached hydrogens (primary N) is 1. The molecule has 1 aromatic carbocycles. The van der Waals surface area contributed by atoms with Crippen molar-refractivity contribution in [1.82, 2.24) is 5.32 Å². The first kappa shape index (κ1) is 12.0. The van der Waals surface area contributed by atoms with Gasteiger partial charge in [0, 0.05) is 6.54 Å². The van der Waals surface area contributed by atoms with Crippen LogP contribution in [-0.2, 0) is 6.54 Å². The lowest BCUT2D eigenvalue weighted by atomic mass is 9.85. The molecule has 1 aromatic rings. The number of guanidine groups is 1. The fraction of sp³-hybridized carbons (Fsp3) is 0.500. The van der Waals surface area contributed by atoms with Crippen LogP contribution in [0.25, 0.3) is 0 Å². The van der Waals surface area contributed by atoms with E-state index in [2.05, 4.69) is 29.4 Å². The zero-order valence-corrected chi connectivity index (χ0v) is 10.4. The van der Waals surface area contributed by atoms with Gasteiger partial charge in [-0.1, -0.05) is 30.7 Å². The minimum atomic E-state index is 0.570. The van der Waals surface area contributed by atoms with Gasteiger partial charge in [0.25, 0.3) is 0 Å². The van der Waals surface area contributed by atoms with E-state index in [1.807, 2.05) is 12.1 Å². The van der Waals surface area contributed by atoms with Gasteiger partial charge >= 0.3 is 0 Å². The molecule has 3 nitrogen and oxygen atoms in total. The fourth-order valence-electron chi connectivity index (χ4n) is 1.96. The van der Waals surface area contributed by atoms with Crippen molar-refractivity contribution in [2.45, 2.75) is 32.7 Å². The van der Waals surface area contributed by atoms with E-state index in [0.717, 1.165) is 12.5 Å². The van der Waals surface area contributed by atoms with Crippen molar-refractivity contribution < 1.29 is 0 Å². The minimum Gasteiger partial charge on any atom is -0.370 e. The summed E-state index contributed by atoms with van der Waals surface area (Å²) >= 11 is 0. The lowest BCUT2D eigenvalue weighted by molar-refractivity contribution is 0.315. The third-order valence-corrected chi connectivity index (χ3v) is 3.48. The molecule has 3 N–H and O–H groups in total. The van der Waals surface area contributed by atoms with Gasteiger partial charge in [-0.2, -0.15) is 0 Å². The summed E-state index contributed by atoms with van der Waals surface area (Å²) in [4.78, 5) is 4.37. The predicted octanol–water partition coefficient (Wildman–Crippen LogP) is 2.20. The second-order valence-corrected chi connectivity index (χ2v) is 4.81. The molecule has 1 aliphatic rings. The summed E-state index contributed by atoms with van der Waals surface area (Å²) in [5.74, 6) is 1.38. The Bertz CT molecular complexity index is 394. The molecule has 0 aliphatic heterocycles. The summed E-state index contributed by atoms with van der Waals surface area (Å²) in [7, 11) is 0. The maximum Gasteiger partial charge on any atom is 0.188 e. The molecule has 0 unspecified atom stereocenters. The van der Waals surface area contributed by atoms with E-state index in [-0.39, 0.29) is 0 Å². The monoisotopic (exact) mass is 231 g/mol.